The fourth-order valence-corrected chi connectivity index (χ4v) is 3.79. The van der Waals surface area contributed by atoms with Gasteiger partial charge in [0.1, 0.15) is 0 Å². The molecule has 0 amide bonds. The first-order valence-corrected chi connectivity index (χ1v) is 10.7. The highest BCUT2D eigenvalue weighted by Crippen LogP contribution is 2.25. The van der Waals surface area contributed by atoms with Gasteiger partial charge in [-0.3, -0.25) is 0 Å². The van der Waals surface area contributed by atoms with Gasteiger partial charge in [0.05, 0.1) is 16.3 Å². The maximum absolute atomic E-state index is 12.8. The van der Waals surface area contributed by atoms with Crippen LogP contribution in [0.25, 0.3) is 11.0 Å². The second kappa shape index (κ2) is 7.64. The van der Waals surface area contributed by atoms with Crippen molar-refractivity contribution in [3.63, 3.8) is 0 Å². The summed E-state index contributed by atoms with van der Waals surface area (Å²) in [6.07, 6.45) is 0. The summed E-state index contributed by atoms with van der Waals surface area (Å²) in [5.74, 6) is 0.775. The Balaban J connectivity index is 1.96. The second-order valence-corrected chi connectivity index (χ2v) is 9.63. The van der Waals surface area contributed by atoms with Gasteiger partial charge in [-0.2, -0.15) is 0 Å². The van der Waals surface area contributed by atoms with Gasteiger partial charge in [0.15, 0.2) is 10.8 Å². The third-order valence-electron chi connectivity index (χ3n) is 4.54. The van der Waals surface area contributed by atoms with E-state index in [1.807, 2.05) is 30.3 Å². The van der Waals surface area contributed by atoms with Crippen molar-refractivity contribution in [2.24, 2.45) is 0 Å². The van der Waals surface area contributed by atoms with Gasteiger partial charge in [-0.05, 0) is 43.0 Å². The molecule has 1 heterocycles. The van der Waals surface area contributed by atoms with Crippen molar-refractivity contribution in [2.45, 2.75) is 50.4 Å². The van der Waals surface area contributed by atoms with E-state index < -0.39 is 15.1 Å². The summed E-state index contributed by atoms with van der Waals surface area (Å²) in [5, 5.41) is 2.62. The van der Waals surface area contributed by atoms with Crippen LogP contribution in [0, 0.1) is 0 Å². The highest BCUT2D eigenvalue weighted by atomic mass is 32.2. The average Bonchev–Trinajstić information content (AvgIpc) is 2.65. The van der Waals surface area contributed by atoms with E-state index in [1.54, 1.807) is 19.9 Å². The Bertz CT molecular complexity index is 1040. The number of nitrogens with zero attached hydrogens (tertiary/aromatic N) is 2. The van der Waals surface area contributed by atoms with E-state index in [9.17, 15) is 8.42 Å². The molecular weight excluding hydrogens is 358 g/mol. The zero-order chi connectivity index (χ0) is 19.6. The van der Waals surface area contributed by atoms with E-state index in [2.05, 4.69) is 41.3 Å². The largest absolute Gasteiger partial charge is 0.364 e. The predicted octanol–water partition coefficient (Wildman–Crippen LogP) is 4.55. The lowest BCUT2D eigenvalue weighted by Crippen LogP contribution is -2.19. The molecule has 6 heteroatoms. The maximum atomic E-state index is 12.8. The summed E-state index contributed by atoms with van der Waals surface area (Å²) < 4.78 is 25.6. The molecule has 27 heavy (non-hydrogen) atoms. The van der Waals surface area contributed by atoms with Crippen LogP contribution >= 0.6 is 0 Å². The Labute approximate surface area is 160 Å². The predicted molar refractivity (Wildman–Crippen MR) is 110 cm³/mol. The molecule has 0 spiro atoms. The van der Waals surface area contributed by atoms with Gasteiger partial charge in [0, 0.05) is 6.54 Å². The molecule has 0 saturated carbocycles. The molecule has 1 aromatic heterocycles. The summed E-state index contributed by atoms with van der Waals surface area (Å²) in [6.45, 7) is 8.09. The topological polar surface area (TPSA) is 72.0 Å². The van der Waals surface area contributed by atoms with Crippen LogP contribution in [-0.4, -0.2) is 23.6 Å². The molecule has 0 radical (unpaired) electrons. The fraction of sp³-hybridized carbons (Fsp3) is 0.333. The SMILES string of the molecule is CC(C)c1ccc(CNc2nc3ccccc3nc2S(=O)(=O)C(C)C)cc1. The molecule has 0 fully saturated rings. The maximum Gasteiger partial charge on any atom is 0.201 e. The Hall–Kier alpha value is -2.47. The lowest BCUT2D eigenvalue weighted by molar-refractivity contribution is 0.584. The van der Waals surface area contributed by atoms with Gasteiger partial charge in [0.2, 0.25) is 9.84 Å². The number of hydrogen-bond donors (Lipinski definition) is 1. The van der Waals surface area contributed by atoms with E-state index in [0.29, 0.717) is 29.3 Å². The summed E-state index contributed by atoms with van der Waals surface area (Å²) in [5.41, 5.74) is 3.57. The van der Waals surface area contributed by atoms with Gasteiger partial charge < -0.3 is 5.32 Å². The normalized spacial score (nSPS) is 12.1. The van der Waals surface area contributed by atoms with Crippen LogP contribution in [0.15, 0.2) is 53.6 Å². The molecule has 5 nitrogen and oxygen atoms in total. The van der Waals surface area contributed by atoms with Crippen molar-refractivity contribution >= 4 is 26.7 Å². The van der Waals surface area contributed by atoms with Gasteiger partial charge in [-0.25, -0.2) is 18.4 Å². The Morgan fingerprint density at radius 3 is 2.04 bits per heavy atom. The van der Waals surface area contributed by atoms with Crippen LogP contribution in [0.3, 0.4) is 0 Å². The van der Waals surface area contributed by atoms with Crippen LogP contribution in [0.1, 0.15) is 44.7 Å². The molecule has 0 atom stereocenters. The average molecular weight is 384 g/mol. The summed E-state index contributed by atoms with van der Waals surface area (Å²) >= 11 is 0. The lowest BCUT2D eigenvalue weighted by atomic mass is 10.0. The highest BCUT2D eigenvalue weighted by Gasteiger charge is 2.26. The van der Waals surface area contributed by atoms with E-state index in [-0.39, 0.29) is 5.03 Å². The third-order valence-corrected chi connectivity index (χ3v) is 6.60. The monoisotopic (exact) mass is 383 g/mol. The first-order chi connectivity index (χ1) is 12.8. The summed E-state index contributed by atoms with van der Waals surface area (Å²) in [7, 11) is -3.56. The molecular formula is C21H25N3O2S. The number of benzene rings is 2. The van der Waals surface area contributed by atoms with Gasteiger partial charge in [-0.15, -0.1) is 0 Å². The minimum Gasteiger partial charge on any atom is -0.364 e. The second-order valence-electron chi connectivity index (χ2n) is 7.21. The smallest absolute Gasteiger partial charge is 0.201 e. The third kappa shape index (κ3) is 4.11. The Morgan fingerprint density at radius 1 is 0.889 bits per heavy atom. The van der Waals surface area contributed by atoms with Gasteiger partial charge >= 0.3 is 0 Å². The Morgan fingerprint density at radius 2 is 1.48 bits per heavy atom. The number of fused-ring (bicyclic) bond motifs is 1. The first kappa shape index (κ1) is 19.3. The van der Waals surface area contributed by atoms with E-state index >= 15 is 0 Å². The molecule has 3 rings (SSSR count). The molecule has 0 aliphatic rings. The van der Waals surface area contributed by atoms with Crippen LogP contribution in [0.4, 0.5) is 5.82 Å². The van der Waals surface area contributed by atoms with Crippen LogP contribution in [0.2, 0.25) is 0 Å². The van der Waals surface area contributed by atoms with Crippen LogP contribution in [0.5, 0.6) is 0 Å². The van der Waals surface area contributed by atoms with Crippen LogP contribution < -0.4 is 5.32 Å². The number of para-hydroxylation sites is 2. The number of hydrogen-bond acceptors (Lipinski definition) is 5. The van der Waals surface area contributed by atoms with Crippen molar-refractivity contribution in [1.82, 2.24) is 9.97 Å². The molecule has 0 aliphatic carbocycles. The van der Waals surface area contributed by atoms with Crippen LogP contribution in [-0.2, 0) is 16.4 Å². The summed E-state index contributed by atoms with van der Waals surface area (Å²) in [6, 6.07) is 15.6. The minimum atomic E-state index is -3.56. The molecule has 1 N–H and O–H groups in total. The minimum absolute atomic E-state index is 0.00926. The van der Waals surface area contributed by atoms with Crippen molar-refractivity contribution in [3.05, 3.63) is 59.7 Å². The Kier molecular flexibility index (Phi) is 5.46. The number of nitrogens with one attached hydrogen (secondary N) is 1. The lowest BCUT2D eigenvalue weighted by Gasteiger charge is -2.14. The molecule has 0 saturated heterocycles. The molecule has 3 aromatic rings. The highest BCUT2D eigenvalue weighted by molar-refractivity contribution is 7.92. The van der Waals surface area contributed by atoms with Crippen molar-refractivity contribution in [2.75, 3.05) is 5.32 Å². The molecule has 0 unspecified atom stereocenters. The number of rotatable bonds is 6. The molecule has 0 bridgehead atoms. The quantitative estimate of drug-likeness (QED) is 0.676. The fourth-order valence-electron chi connectivity index (χ4n) is 2.73. The van der Waals surface area contributed by atoms with Gasteiger partial charge in [0.25, 0.3) is 0 Å². The van der Waals surface area contributed by atoms with Crippen molar-refractivity contribution < 1.29 is 8.42 Å². The number of aromatic nitrogens is 2. The van der Waals surface area contributed by atoms with Gasteiger partial charge in [-0.1, -0.05) is 50.2 Å². The van der Waals surface area contributed by atoms with E-state index in [1.165, 1.54) is 5.56 Å². The molecule has 0 aliphatic heterocycles. The zero-order valence-corrected chi connectivity index (χ0v) is 16.9. The van der Waals surface area contributed by atoms with Crippen molar-refractivity contribution in [1.29, 1.82) is 0 Å². The molecule has 2 aromatic carbocycles. The number of anilines is 1. The first-order valence-electron chi connectivity index (χ1n) is 9.12. The standard InChI is InChI=1S/C21H25N3O2S/c1-14(2)17-11-9-16(10-12-17)13-22-20-21(27(25,26)15(3)4)24-19-8-6-5-7-18(19)23-20/h5-12,14-15H,13H2,1-4H3,(H,22,23). The zero-order valence-electron chi connectivity index (χ0n) is 16.1. The number of sulfone groups is 1. The van der Waals surface area contributed by atoms with E-state index in [0.717, 1.165) is 5.56 Å². The van der Waals surface area contributed by atoms with Crippen molar-refractivity contribution in [3.8, 4) is 0 Å². The molecule has 142 valence electrons. The van der Waals surface area contributed by atoms with E-state index in [4.69, 9.17) is 0 Å². The summed E-state index contributed by atoms with van der Waals surface area (Å²) in [4.78, 5) is 8.94.